The number of aromatic nitrogens is 2. The van der Waals surface area contributed by atoms with E-state index in [9.17, 15) is 22.4 Å². The Labute approximate surface area is 141 Å². The van der Waals surface area contributed by atoms with Gasteiger partial charge >= 0.3 is 12.1 Å². The largest absolute Gasteiger partial charge is 0.480 e. The van der Waals surface area contributed by atoms with E-state index >= 15 is 0 Å². The van der Waals surface area contributed by atoms with Crippen molar-refractivity contribution < 1.29 is 27.5 Å². The van der Waals surface area contributed by atoms with Gasteiger partial charge in [0.15, 0.2) is 5.69 Å². The summed E-state index contributed by atoms with van der Waals surface area (Å²) in [6, 6.07) is 4.51. The second-order valence-corrected chi connectivity index (χ2v) is 5.37. The third kappa shape index (κ3) is 4.78. The minimum Gasteiger partial charge on any atom is -0.480 e. The quantitative estimate of drug-likeness (QED) is 0.654. The van der Waals surface area contributed by atoms with E-state index in [4.69, 9.17) is 5.11 Å². The molecule has 0 saturated heterocycles. The summed E-state index contributed by atoms with van der Waals surface area (Å²) in [5.41, 5.74) is -1.40. The Balaban J connectivity index is 2.36. The lowest BCUT2D eigenvalue weighted by molar-refractivity contribution is -0.141. The molecule has 24 heavy (non-hydrogen) atoms. The van der Waals surface area contributed by atoms with Gasteiger partial charge in [0.1, 0.15) is 18.2 Å². The molecular formula is C13H9BrF4N4O2. The molecule has 0 aliphatic carbocycles. The first-order valence-electron chi connectivity index (χ1n) is 6.29. The monoisotopic (exact) mass is 408 g/mol. The number of benzene rings is 1. The Hall–Kier alpha value is -2.43. The number of anilines is 3. The van der Waals surface area contributed by atoms with Gasteiger partial charge in [0, 0.05) is 10.5 Å². The Morgan fingerprint density at radius 2 is 1.96 bits per heavy atom. The lowest BCUT2D eigenvalue weighted by atomic mass is 10.3. The molecule has 2 aromatic rings. The van der Waals surface area contributed by atoms with E-state index in [2.05, 4.69) is 36.5 Å². The summed E-state index contributed by atoms with van der Waals surface area (Å²) >= 11 is 3.06. The van der Waals surface area contributed by atoms with Crippen molar-refractivity contribution in [3.63, 3.8) is 0 Å². The second-order valence-electron chi connectivity index (χ2n) is 4.46. The van der Waals surface area contributed by atoms with Crippen LogP contribution in [0.25, 0.3) is 0 Å². The van der Waals surface area contributed by atoms with Crippen molar-refractivity contribution in [3.8, 4) is 0 Å². The highest BCUT2D eigenvalue weighted by Gasteiger charge is 2.34. The maximum Gasteiger partial charge on any atom is 0.433 e. The first-order chi connectivity index (χ1) is 11.1. The first-order valence-corrected chi connectivity index (χ1v) is 7.08. The van der Waals surface area contributed by atoms with Crippen LogP contribution in [0.2, 0.25) is 0 Å². The van der Waals surface area contributed by atoms with E-state index in [1.807, 2.05) is 0 Å². The number of carbonyl (C=O) groups is 1. The number of carboxylic acids is 1. The number of carboxylic acid groups (broad SMARTS) is 1. The molecule has 0 saturated carbocycles. The predicted molar refractivity (Wildman–Crippen MR) is 80.5 cm³/mol. The average molecular weight is 409 g/mol. The summed E-state index contributed by atoms with van der Waals surface area (Å²) in [4.78, 5) is 17.4. The molecule has 0 bridgehead atoms. The van der Waals surface area contributed by atoms with Crippen LogP contribution in [0.5, 0.6) is 0 Å². The maximum atomic E-state index is 13.8. The van der Waals surface area contributed by atoms with E-state index in [-0.39, 0.29) is 11.5 Å². The highest BCUT2D eigenvalue weighted by Crippen LogP contribution is 2.31. The lowest BCUT2D eigenvalue weighted by Crippen LogP contribution is -2.17. The van der Waals surface area contributed by atoms with Crippen LogP contribution in [-0.4, -0.2) is 27.6 Å². The van der Waals surface area contributed by atoms with Crippen molar-refractivity contribution in [2.75, 3.05) is 17.2 Å². The zero-order valence-corrected chi connectivity index (χ0v) is 13.2. The van der Waals surface area contributed by atoms with Gasteiger partial charge in [-0.15, -0.1) is 0 Å². The van der Waals surface area contributed by atoms with Crippen molar-refractivity contribution in [2.24, 2.45) is 0 Å². The van der Waals surface area contributed by atoms with Crippen molar-refractivity contribution in [1.29, 1.82) is 0 Å². The predicted octanol–water partition coefficient (Wildman–Crippen LogP) is 3.64. The Morgan fingerprint density at radius 1 is 1.25 bits per heavy atom. The van der Waals surface area contributed by atoms with Crippen LogP contribution in [0.15, 0.2) is 28.7 Å². The smallest absolute Gasteiger partial charge is 0.433 e. The van der Waals surface area contributed by atoms with Crippen LogP contribution in [-0.2, 0) is 11.0 Å². The highest BCUT2D eigenvalue weighted by molar-refractivity contribution is 9.10. The third-order valence-electron chi connectivity index (χ3n) is 2.61. The van der Waals surface area contributed by atoms with Gasteiger partial charge in [0.25, 0.3) is 0 Å². The van der Waals surface area contributed by atoms with Crippen molar-refractivity contribution in [3.05, 3.63) is 40.2 Å². The van der Waals surface area contributed by atoms with Crippen molar-refractivity contribution in [2.45, 2.75) is 6.18 Å². The second kappa shape index (κ2) is 6.99. The summed E-state index contributed by atoms with van der Waals surface area (Å²) in [5, 5.41) is 13.1. The normalized spacial score (nSPS) is 11.2. The molecule has 0 spiro atoms. The standard InChI is InChI=1S/C13H9BrF4N4O2/c14-6-1-2-8(7(15)3-6)20-10-4-9(13(16,17)18)21-12(22-10)19-5-11(23)24/h1-4H,5H2,(H,23,24)(H2,19,20,21,22). The van der Waals surface area contributed by atoms with Gasteiger partial charge in [-0.1, -0.05) is 15.9 Å². The van der Waals surface area contributed by atoms with Gasteiger partial charge in [0.2, 0.25) is 5.95 Å². The third-order valence-corrected chi connectivity index (χ3v) is 3.10. The molecule has 6 nitrogen and oxygen atoms in total. The van der Waals surface area contributed by atoms with E-state index in [0.29, 0.717) is 10.5 Å². The fourth-order valence-corrected chi connectivity index (χ4v) is 1.95. The Bertz CT molecular complexity index is 770. The Morgan fingerprint density at radius 3 is 2.54 bits per heavy atom. The van der Waals surface area contributed by atoms with Crippen molar-refractivity contribution >= 4 is 39.4 Å². The zero-order valence-electron chi connectivity index (χ0n) is 11.7. The number of halogens is 5. The molecule has 0 aliphatic heterocycles. The van der Waals surface area contributed by atoms with Gasteiger partial charge < -0.3 is 15.7 Å². The molecule has 11 heteroatoms. The zero-order chi connectivity index (χ0) is 17.9. The summed E-state index contributed by atoms with van der Waals surface area (Å²) < 4.78 is 52.9. The molecule has 1 heterocycles. The number of alkyl halides is 3. The lowest BCUT2D eigenvalue weighted by Gasteiger charge is -2.12. The van der Waals surface area contributed by atoms with Crippen LogP contribution < -0.4 is 10.6 Å². The number of hydrogen-bond donors (Lipinski definition) is 3. The molecule has 0 radical (unpaired) electrons. The maximum absolute atomic E-state index is 13.8. The van der Waals surface area contributed by atoms with E-state index < -0.39 is 36.1 Å². The summed E-state index contributed by atoms with van der Waals surface area (Å²) in [6.07, 6.45) is -4.78. The average Bonchev–Trinajstić information content (AvgIpc) is 2.47. The molecule has 0 aliphatic rings. The molecule has 0 fully saturated rings. The number of nitrogens with zero attached hydrogens (tertiary/aromatic N) is 2. The topological polar surface area (TPSA) is 87.1 Å². The SMILES string of the molecule is O=C(O)CNc1nc(Nc2ccc(Br)cc2F)cc(C(F)(F)F)n1. The Kier molecular flexibility index (Phi) is 5.22. The van der Waals surface area contributed by atoms with E-state index in [1.54, 1.807) is 0 Å². The van der Waals surface area contributed by atoms with Crippen LogP contribution in [0, 0.1) is 5.82 Å². The molecule has 0 amide bonds. The van der Waals surface area contributed by atoms with Crippen LogP contribution in [0.4, 0.5) is 35.0 Å². The molecule has 3 N–H and O–H groups in total. The molecule has 1 aromatic carbocycles. The number of aliphatic carboxylic acids is 1. The van der Waals surface area contributed by atoms with Crippen molar-refractivity contribution in [1.82, 2.24) is 9.97 Å². The molecule has 1 aromatic heterocycles. The highest BCUT2D eigenvalue weighted by atomic mass is 79.9. The van der Waals surface area contributed by atoms with Gasteiger partial charge in [-0.25, -0.2) is 9.37 Å². The van der Waals surface area contributed by atoms with Crippen LogP contribution in [0.1, 0.15) is 5.69 Å². The van der Waals surface area contributed by atoms with Crippen LogP contribution >= 0.6 is 15.9 Å². The first kappa shape index (κ1) is 17.9. The molecule has 2 rings (SSSR count). The molecule has 0 atom stereocenters. The fourth-order valence-electron chi connectivity index (χ4n) is 1.62. The van der Waals surface area contributed by atoms with Crippen LogP contribution in [0.3, 0.4) is 0 Å². The molecule has 128 valence electrons. The number of rotatable bonds is 5. The summed E-state index contributed by atoms with van der Waals surface area (Å²) in [5.74, 6) is -2.90. The van der Waals surface area contributed by atoms with Gasteiger partial charge in [-0.2, -0.15) is 18.2 Å². The van der Waals surface area contributed by atoms with Gasteiger partial charge in [-0.3, -0.25) is 4.79 Å². The number of hydrogen-bond acceptors (Lipinski definition) is 5. The van der Waals surface area contributed by atoms with Gasteiger partial charge in [-0.05, 0) is 18.2 Å². The summed E-state index contributed by atoms with van der Waals surface area (Å²) in [6.45, 7) is -0.673. The minimum absolute atomic E-state index is 0.103. The molecular weight excluding hydrogens is 400 g/mol. The fraction of sp³-hybridized carbons (Fsp3) is 0.154. The molecule has 0 unspecified atom stereocenters. The van der Waals surface area contributed by atoms with E-state index in [0.717, 1.165) is 6.07 Å². The van der Waals surface area contributed by atoms with E-state index in [1.165, 1.54) is 12.1 Å². The number of nitrogens with one attached hydrogen (secondary N) is 2. The summed E-state index contributed by atoms with van der Waals surface area (Å²) in [7, 11) is 0. The van der Waals surface area contributed by atoms with Gasteiger partial charge in [0.05, 0.1) is 5.69 Å². The minimum atomic E-state index is -4.78.